The molecule has 1 aromatic rings. The summed E-state index contributed by atoms with van der Waals surface area (Å²) >= 11 is 6.29. The summed E-state index contributed by atoms with van der Waals surface area (Å²) in [6, 6.07) is 0. The number of hydrogen-bond acceptors (Lipinski definition) is 3. The number of nitrogens with zero attached hydrogens (tertiary/aromatic N) is 2. The van der Waals surface area contributed by atoms with Gasteiger partial charge in [0.15, 0.2) is 0 Å². The molecule has 1 fully saturated rings. The molecule has 0 amide bonds. The van der Waals surface area contributed by atoms with E-state index in [-0.39, 0.29) is 5.41 Å². The van der Waals surface area contributed by atoms with Crippen LogP contribution in [0.25, 0.3) is 0 Å². The third-order valence-corrected chi connectivity index (χ3v) is 4.87. The molecule has 1 saturated carbocycles. The van der Waals surface area contributed by atoms with Crippen molar-refractivity contribution in [1.82, 2.24) is 9.97 Å². The van der Waals surface area contributed by atoms with Crippen LogP contribution in [-0.4, -0.2) is 16.5 Å². The smallest absolute Gasteiger partial charge is 0.137 e. The maximum atomic E-state index is 6.29. The Bertz CT molecular complexity index is 499. The van der Waals surface area contributed by atoms with Gasteiger partial charge in [0, 0.05) is 17.5 Å². The summed E-state index contributed by atoms with van der Waals surface area (Å²) in [5, 5.41) is 4.10. The molecular weight excluding hydrogens is 282 g/mol. The number of anilines is 1. The fourth-order valence-corrected chi connectivity index (χ4v) is 3.05. The van der Waals surface area contributed by atoms with Gasteiger partial charge in [0.2, 0.25) is 0 Å². The molecule has 2 rings (SSSR count). The van der Waals surface area contributed by atoms with E-state index in [1.54, 1.807) is 0 Å². The van der Waals surface area contributed by atoms with Crippen molar-refractivity contribution in [2.45, 2.75) is 72.1 Å². The highest BCUT2D eigenvalue weighted by molar-refractivity contribution is 6.30. The monoisotopic (exact) mass is 309 g/mol. The van der Waals surface area contributed by atoms with Crippen molar-refractivity contribution in [1.29, 1.82) is 0 Å². The SMILES string of the molecule is Cc1c(Cl)nc(C(C)(C)C)nc1NCC1(C)CCCCC1. The molecule has 118 valence electrons. The molecule has 4 heteroatoms. The van der Waals surface area contributed by atoms with Crippen molar-refractivity contribution in [2.75, 3.05) is 11.9 Å². The lowest BCUT2D eigenvalue weighted by molar-refractivity contribution is 0.233. The average Bonchev–Trinajstić information content (AvgIpc) is 2.40. The Morgan fingerprint density at radius 1 is 1.14 bits per heavy atom. The molecule has 0 radical (unpaired) electrons. The Hall–Kier alpha value is -0.830. The predicted molar refractivity (Wildman–Crippen MR) is 90.2 cm³/mol. The van der Waals surface area contributed by atoms with E-state index in [4.69, 9.17) is 16.6 Å². The largest absolute Gasteiger partial charge is 0.369 e. The molecule has 1 aromatic heterocycles. The molecule has 0 spiro atoms. The van der Waals surface area contributed by atoms with Crippen molar-refractivity contribution < 1.29 is 0 Å². The van der Waals surface area contributed by atoms with E-state index in [2.05, 4.69) is 38.0 Å². The van der Waals surface area contributed by atoms with Gasteiger partial charge in [-0.3, -0.25) is 0 Å². The zero-order valence-corrected chi connectivity index (χ0v) is 14.8. The maximum absolute atomic E-state index is 6.29. The fraction of sp³-hybridized carbons (Fsp3) is 0.765. The average molecular weight is 310 g/mol. The van der Waals surface area contributed by atoms with Gasteiger partial charge in [0.1, 0.15) is 16.8 Å². The molecule has 0 saturated heterocycles. The Kier molecular flexibility index (Phi) is 4.82. The van der Waals surface area contributed by atoms with Gasteiger partial charge in [-0.2, -0.15) is 0 Å². The van der Waals surface area contributed by atoms with E-state index in [1.165, 1.54) is 32.1 Å². The first-order valence-corrected chi connectivity index (χ1v) is 8.38. The number of aromatic nitrogens is 2. The van der Waals surface area contributed by atoms with Gasteiger partial charge in [-0.05, 0) is 25.2 Å². The lowest BCUT2D eigenvalue weighted by atomic mass is 9.76. The second-order valence-electron chi connectivity index (χ2n) is 7.79. The summed E-state index contributed by atoms with van der Waals surface area (Å²) in [5.74, 6) is 1.70. The normalized spacial score (nSPS) is 18.6. The lowest BCUT2D eigenvalue weighted by Crippen LogP contribution is -2.30. The van der Waals surface area contributed by atoms with Gasteiger partial charge in [-0.25, -0.2) is 9.97 Å². The highest BCUT2D eigenvalue weighted by Crippen LogP contribution is 2.36. The third kappa shape index (κ3) is 4.09. The molecule has 3 nitrogen and oxygen atoms in total. The Morgan fingerprint density at radius 3 is 2.33 bits per heavy atom. The van der Waals surface area contributed by atoms with Crippen LogP contribution >= 0.6 is 11.6 Å². The van der Waals surface area contributed by atoms with Crippen LogP contribution in [0.4, 0.5) is 5.82 Å². The van der Waals surface area contributed by atoms with Gasteiger partial charge < -0.3 is 5.32 Å². The molecule has 21 heavy (non-hydrogen) atoms. The maximum Gasteiger partial charge on any atom is 0.137 e. The fourth-order valence-electron chi connectivity index (χ4n) is 2.88. The minimum absolute atomic E-state index is 0.0947. The van der Waals surface area contributed by atoms with E-state index < -0.39 is 0 Å². The third-order valence-electron chi connectivity index (χ3n) is 4.50. The first-order chi connectivity index (χ1) is 9.71. The molecule has 0 aliphatic heterocycles. The number of rotatable bonds is 3. The van der Waals surface area contributed by atoms with Crippen LogP contribution in [0, 0.1) is 12.3 Å². The molecule has 1 N–H and O–H groups in total. The summed E-state index contributed by atoms with van der Waals surface area (Å²) in [6.07, 6.45) is 6.65. The standard InChI is InChI=1S/C17H28ClN3/c1-12-13(18)20-15(16(2,3)4)21-14(12)19-11-17(5)9-7-6-8-10-17/h6-11H2,1-5H3,(H,19,20,21). The second-order valence-corrected chi connectivity index (χ2v) is 8.14. The van der Waals surface area contributed by atoms with E-state index in [9.17, 15) is 0 Å². The van der Waals surface area contributed by atoms with Crippen LogP contribution in [0.1, 0.15) is 71.2 Å². The van der Waals surface area contributed by atoms with Crippen molar-refractivity contribution >= 4 is 17.4 Å². The van der Waals surface area contributed by atoms with Gasteiger partial charge >= 0.3 is 0 Å². The topological polar surface area (TPSA) is 37.8 Å². The van der Waals surface area contributed by atoms with E-state index in [1.807, 2.05) is 6.92 Å². The van der Waals surface area contributed by atoms with E-state index in [0.717, 1.165) is 23.8 Å². The summed E-state index contributed by atoms with van der Waals surface area (Å²) < 4.78 is 0. The Balaban J connectivity index is 2.17. The van der Waals surface area contributed by atoms with Crippen molar-refractivity contribution in [2.24, 2.45) is 5.41 Å². The first-order valence-electron chi connectivity index (χ1n) is 8.00. The zero-order chi connectivity index (χ0) is 15.7. The quantitative estimate of drug-likeness (QED) is 0.788. The van der Waals surface area contributed by atoms with E-state index in [0.29, 0.717) is 10.6 Å². The Labute approximate surface area is 133 Å². The van der Waals surface area contributed by atoms with Gasteiger partial charge in [0.05, 0.1) is 0 Å². The molecule has 0 bridgehead atoms. The molecule has 0 atom stereocenters. The summed E-state index contributed by atoms with van der Waals surface area (Å²) in [4.78, 5) is 9.14. The van der Waals surface area contributed by atoms with Crippen LogP contribution in [0.3, 0.4) is 0 Å². The minimum Gasteiger partial charge on any atom is -0.369 e. The summed E-state index contributed by atoms with van der Waals surface area (Å²) in [6.45, 7) is 11.7. The molecule has 0 aromatic carbocycles. The van der Waals surface area contributed by atoms with Crippen molar-refractivity contribution in [3.05, 3.63) is 16.5 Å². The van der Waals surface area contributed by atoms with E-state index >= 15 is 0 Å². The molecule has 1 aliphatic rings. The van der Waals surface area contributed by atoms with Crippen molar-refractivity contribution in [3.8, 4) is 0 Å². The highest BCUT2D eigenvalue weighted by atomic mass is 35.5. The number of halogens is 1. The molecule has 1 heterocycles. The molecule has 0 unspecified atom stereocenters. The highest BCUT2D eigenvalue weighted by Gasteiger charge is 2.27. The van der Waals surface area contributed by atoms with Crippen LogP contribution in [0.15, 0.2) is 0 Å². The molecular formula is C17H28ClN3. The van der Waals surface area contributed by atoms with Crippen molar-refractivity contribution in [3.63, 3.8) is 0 Å². The zero-order valence-electron chi connectivity index (χ0n) is 14.0. The van der Waals surface area contributed by atoms with Crippen LogP contribution in [0.5, 0.6) is 0 Å². The predicted octanol–water partition coefficient (Wildman–Crippen LogP) is 5.12. The number of nitrogens with one attached hydrogen (secondary N) is 1. The van der Waals surface area contributed by atoms with Gasteiger partial charge in [0.25, 0.3) is 0 Å². The van der Waals surface area contributed by atoms with Gasteiger partial charge in [-0.15, -0.1) is 0 Å². The van der Waals surface area contributed by atoms with Crippen LogP contribution < -0.4 is 5.32 Å². The number of hydrogen-bond donors (Lipinski definition) is 1. The molecule has 1 aliphatic carbocycles. The summed E-state index contributed by atoms with van der Waals surface area (Å²) in [7, 11) is 0. The summed E-state index contributed by atoms with van der Waals surface area (Å²) in [5.41, 5.74) is 1.23. The lowest BCUT2D eigenvalue weighted by Gasteiger charge is -2.34. The Morgan fingerprint density at radius 2 is 1.76 bits per heavy atom. The second kappa shape index (κ2) is 6.12. The van der Waals surface area contributed by atoms with Gasteiger partial charge in [-0.1, -0.05) is 58.6 Å². The van der Waals surface area contributed by atoms with Crippen LogP contribution in [-0.2, 0) is 5.41 Å². The van der Waals surface area contributed by atoms with Crippen LogP contribution in [0.2, 0.25) is 5.15 Å². The minimum atomic E-state index is -0.0947. The first kappa shape index (κ1) is 16.5.